The number of rotatable bonds is 8. The lowest BCUT2D eigenvalue weighted by Crippen LogP contribution is -2.44. The van der Waals surface area contributed by atoms with Gasteiger partial charge in [0.25, 0.3) is 0 Å². The molecule has 0 aliphatic carbocycles. The summed E-state index contributed by atoms with van der Waals surface area (Å²) in [6.07, 6.45) is 0.525. The van der Waals surface area contributed by atoms with Crippen LogP contribution in [0.4, 0.5) is 0 Å². The van der Waals surface area contributed by atoms with E-state index in [0.717, 1.165) is 24.2 Å². The lowest BCUT2D eigenvalue weighted by atomic mass is 10.1. The van der Waals surface area contributed by atoms with Crippen molar-refractivity contribution in [3.05, 3.63) is 58.3 Å². The fourth-order valence-electron chi connectivity index (χ4n) is 2.99. The zero-order valence-electron chi connectivity index (χ0n) is 14.1. The van der Waals surface area contributed by atoms with Crippen LogP contribution < -0.4 is 4.72 Å². The van der Waals surface area contributed by atoms with Crippen LogP contribution in [0.15, 0.2) is 47.2 Å². The summed E-state index contributed by atoms with van der Waals surface area (Å²) in [5.41, 5.74) is 2.20. The molecule has 1 aromatic heterocycles. The highest BCUT2D eigenvalue weighted by atomic mass is 32.2. The van der Waals surface area contributed by atoms with E-state index >= 15 is 0 Å². The van der Waals surface area contributed by atoms with Crippen LogP contribution in [-0.2, 0) is 21.2 Å². The average Bonchev–Trinajstić information content (AvgIpc) is 3.16. The molecule has 2 heterocycles. The molecule has 1 aliphatic rings. The molecule has 1 aliphatic heterocycles. The van der Waals surface area contributed by atoms with Gasteiger partial charge in [-0.1, -0.05) is 30.3 Å². The van der Waals surface area contributed by atoms with E-state index in [2.05, 4.69) is 21.1 Å². The first-order valence-corrected chi connectivity index (χ1v) is 11.1. The number of sulfonamides is 1. The van der Waals surface area contributed by atoms with Crippen molar-refractivity contribution in [2.24, 2.45) is 0 Å². The molecular formula is C18H24N2O3S2. The van der Waals surface area contributed by atoms with E-state index in [1.165, 1.54) is 0 Å². The molecule has 7 heteroatoms. The van der Waals surface area contributed by atoms with E-state index in [4.69, 9.17) is 4.74 Å². The van der Waals surface area contributed by atoms with Crippen LogP contribution in [0, 0.1) is 0 Å². The lowest BCUT2D eigenvalue weighted by molar-refractivity contribution is 0.0173. The van der Waals surface area contributed by atoms with Crippen molar-refractivity contribution in [3.8, 4) is 0 Å². The summed E-state index contributed by atoms with van der Waals surface area (Å²) in [7, 11) is -3.31. The van der Waals surface area contributed by atoms with Gasteiger partial charge in [0.1, 0.15) is 0 Å². The molecule has 1 fully saturated rings. The Balaban J connectivity index is 1.59. The lowest BCUT2D eigenvalue weighted by Gasteiger charge is -2.34. The molecule has 0 radical (unpaired) electrons. The molecule has 1 saturated heterocycles. The number of nitrogens with one attached hydrogen (secondary N) is 1. The number of thiophene rings is 1. The molecular weight excluding hydrogens is 356 g/mol. The van der Waals surface area contributed by atoms with Crippen molar-refractivity contribution in [2.75, 3.05) is 38.6 Å². The van der Waals surface area contributed by atoms with E-state index in [1.54, 1.807) is 11.3 Å². The highest BCUT2D eigenvalue weighted by molar-refractivity contribution is 7.89. The molecule has 5 nitrogen and oxygen atoms in total. The van der Waals surface area contributed by atoms with Gasteiger partial charge in [0.2, 0.25) is 10.0 Å². The van der Waals surface area contributed by atoms with Crippen molar-refractivity contribution in [2.45, 2.75) is 12.5 Å². The largest absolute Gasteiger partial charge is 0.379 e. The fourth-order valence-corrected chi connectivity index (χ4v) is 4.75. The van der Waals surface area contributed by atoms with E-state index in [1.807, 2.05) is 35.7 Å². The van der Waals surface area contributed by atoms with E-state index in [9.17, 15) is 8.42 Å². The minimum Gasteiger partial charge on any atom is -0.379 e. The average molecular weight is 381 g/mol. The van der Waals surface area contributed by atoms with Crippen LogP contribution >= 0.6 is 11.3 Å². The van der Waals surface area contributed by atoms with Gasteiger partial charge in [-0.15, -0.1) is 0 Å². The Labute approximate surface area is 153 Å². The van der Waals surface area contributed by atoms with Crippen molar-refractivity contribution in [3.63, 3.8) is 0 Å². The molecule has 1 atom stereocenters. The molecule has 3 rings (SSSR count). The van der Waals surface area contributed by atoms with Gasteiger partial charge in [0.15, 0.2) is 0 Å². The molecule has 1 aromatic carbocycles. The summed E-state index contributed by atoms with van der Waals surface area (Å²) in [5.74, 6) is 0.108. The smallest absolute Gasteiger partial charge is 0.211 e. The Bertz CT molecular complexity index is 727. The third-order valence-corrected chi connectivity index (χ3v) is 6.46. The van der Waals surface area contributed by atoms with Crippen molar-refractivity contribution in [1.29, 1.82) is 0 Å². The summed E-state index contributed by atoms with van der Waals surface area (Å²) in [4.78, 5) is 2.30. The van der Waals surface area contributed by atoms with Crippen molar-refractivity contribution >= 4 is 21.4 Å². The Kier molecular flexibility index (Phi) is 6.61. The van der Waals surface area contributed by atoms with Gasteiger partial charge < -0.3 is 4.74 Å². The van der Waals surface area contributed by atoms with Crippen LogP contribution in [0.5, 0.6) is 0 Å². The number of aryl methyl sites for hydroxylation is 1. The molecule has 0 saturated carbocycles. The van der Waals surface area contributed by atoms with E-state index in [-0.39, 0.29) is 11.8 Å². The number of hydrogen-bond acceptors (Lipinski definition) is 5. The van der Waals surface area contributed by atoms with Gasteiger partial charge in [-0.05, 0) is 34.4 Å². The van der Waals surface area contributed by atoms with Crippen LogP contribution in [-0.4, -0.2) is 51.9 Å². The molecule has 0 unspecified atom stereocenters. The summed E-state index contributed by atoms with van der Waals surface area (Å²) in [6, 6.07) is 11.8. The quantitative estimate of drug-likeness (QED) is 0.763. The summed E-state index contributed by atoms with van der Waals surface area (Å²) in [6.45, 7) is 3.44. The summed E-state index contributed by atoms with van der Waals surface area (Å²) in [5, 5.41) is 4.13. The molecule has 25 heavy (non-hydrogen) atoms. The highest BCUT2D eigenvalue weighted by Gasteiger charge is 2.24. The standard InChI is InChI=1S/C18H24N2O3S2/c21-25(22,13-7-16-4-2-1-3-5-16)19-14-18(17-6-12-24-15-17)20-8-10-23-11-9-20/h1-6,12,15,18-19H,7-11,13-14H2/t18-/m0/s1. The number of morpholine rings is 1. The first kappa shape index (κ1) is 18.5. The van der Waals surface area contributed by atoms with E-state index < -0.39 is 10.0 Å². The minimum atomic E-state index is -3.31. The van der Waals surface area contributed by atoms with Crippen LogP contribution in [0.25, 0.3) is 0 Å². The maximum absolute atomic E-state index is 12.4. The number of hydrogen-bond donors (Lipinski definition) is 1. The van der Waals surface area contributed by atoms with Gasteiger partial charge in [0, 0.05) is 25.7 Å². The molecule has 1 N–H and O–H groups in total. The normalized spacial score (nSPS) is 17.4. The molecule has 0 amide bonds. The Morgan fingerprint density at radius 3 is 2.60 bits per heavy atom. The predicted octanol–water partition coefficient (Wildman–Crippen LogP) is 2.28. The minimum absolute atomic E-state index is 0.0571. The number of benzene rings is 1. The molecule has 2 aromatic rings. The van der Waals surface area contributed by atoms with E-state index in [0.29, 0.717) is 26.2 Å². The Morgan fingerprint density at radius 2 is 1.92 bits per heavy atom. The van der Waals surface area contributed by atoms with Crippen molar-refractivity contribution in [1.82, 2.24) is 9.62 Å². The maximum Gasteiger partial charge on any atom is 0.211 e. The van der Waals surface area contributed by atoms with Crippen LogP contribution in [0.1, 0.15) is 17.2 Å². The first-order valence-electron chi connectivity index (χ1n) is 8.49. The third kappa shape index (κ3) is 5.62. The predicted molar refractivity (Wildman–Crippen MR) is 101 cm³/mol. The Morgan fingerprint density at radius 1 is 1.16 bits per heavy atom. The topological polar surface area (TPSA) is 58.6 Å². The van der Waals surface area contributed by atoms with Gasteiger partial charge in [-0.3, -0.25) is 4.90 Å². The monoisotopic (exact) mass is 380 g/mol. The summed E-state index contributed by atoms with van der Waals surface area (Å²) < 4.78 is 33.0. The second kappa shape index (κ2) is 8.91. The number of ether oxygens (including phenoxy) is 1. The SMILES string of the molecule is O=S(=O)(CCc1ccccc1)NC[C@@H](c1ccsc1)N1CCOCC1. The Hall–Kier alpha value is -1.25. The first-order chi connectivity index (χ1) is 12.1. The molecule has 136 valence electrons. The maximum atomic E-state index is 12.4. The van der Waals surface area contributed by atoms with Crippen LogP contribution in [0.2, 0.25) is 0 Å². The fraction of sp³-hybridized carbons (Fsp3) is 0.444. The second-order valence-corrected chi connectivity index (χ2v) is 8.83. The third-order valence-electron chi connectivity index (χ3n) is 4.41. The highest BCUT2D eigenvalue weighted by Crippen LogP contribution is 2.23. The van der Waals surface area contributed by atoms with Gasteiger partial charge in [-0.2, -0.15) is 11.3 Å². The van der Waals surface area contributed by atoms with Gasteiger partial charge in [-0.25, -0.2) is 13.1 Å². The van der Waals surface area contributed by atoms with Crippen molar-refractivity contribution < 1.29 is 13.2 Å². The van der Waals surface area contributed by atoms with Crippen LogP contribution in [0.3, 0.4) is 0 Å². The molecule has 0 spiro atoms. The van der Waals surface area contributed by atoms with Gasteiger partial charge in [0.05, 0.1) is 19.0 Å². The summed E-state index contributed by atoms with van der Waals surface area (Å²) >= 11 is 1.64. The zero-order valence-corrected chi connectivity index (χ0v) is 15.8. The van der Waals surface area contributed by atoms with Gasteiger partial charge >= 0.3 is 0 Å². The molecule has 0 bridgehead atoms. The zero-order chi connectivity index (χ0) is 17.5. The number of nitrogens with zero attached hydrogens (tertiary/aromatic N) is 1. The second-order valence-electron chi connectivity index (χ2n) is 6.12.